The minimum atomic E-state index is 0. The molecule has 0 radical (unpaired) electrons. The maximum Gasteiger partial charge on any atom is 0.123 e. The maximum absolute atomic E-state index is 5.86. The van der Waals surface area contributed by atoms with Gasteiger partial charge in [-0.25, -0.2) is 0 Å². The molecule has 0 saturated carbocycles. The third kappa shape index (κ3) is 3.59. The Morgan fingerprint density at radius 2 is 2.00 bits per heavy atom. The molecule has 2 rings (SSSR count). The van der Waals surface area contributed by atoms with Gasteiger partial charge in [0.05, 0.1) is 6.61 Å². The highest BCUT2D eigenvalue weighted by Gasteiger charge is 2.32. The first kappa shape index (κ1) is 13.2. The zero-order valence-corrected chi connectivity index (χ0v) is 10.5. The lowest BCUT2D eigenvalue weighted by molar-refractivity contribution is -0.0774. The number of piperidine rings is 1. The van der Waals surface area contributed by atoms with Crippen LogP contribution in [0.2, 0.25) is 0 Å². The summed E-state index contributed by atoms with van der Waals surface area (Å²) >= 11 is 0. The largest absolute Gasteiger partial charge is 0.361 e. The van der Waals surface area contributed by atoms with E-state index in [2.05, 4.69) is 24.5 Å². The predicted octanol–water partition coefficient (Wildman–Crippen LogP) is 1.52. The van der Waals surface area contributed by atoms with Crippen LogP contribution >= 0.6 is 12.4 Å². The van der Waals surface area contributed by atoms with Crippen LogP contribution in [0.5, 0.6) is 0 Å². The predicted molar refractivity (Wildman–Crippen MR) is 64.4 cm³/mol. The van der Waals surface area contributed by atoms with E-state index < -0.39 is 0 Å². The van der Waals surface area contributed by atoms with Gasteiger partial charge < -0.3 is 10.1 Å². The molecule has 0 amide bonds. The Morgan fingerprint density at radius 1 is 1.20 bits per heavy atom. The van der Waals surface area contributed by atoms with Crippen LogP contribution in [-0.4, -0.2) is 32.0 Å². The van der Waals surface area contributed by atoms with Crippen LogP contribution in [0.4, 0.5) is 0 Å². The Balaban J connectivity index is 0.00000112. The van der Waals surface area contributed by atoms with Crippen molar-refractivity contribution in [2.45, 2.75) is 45.4 Å². The molecule has 2 heterocycles. The molecule has 2 aliphatic rings. The summed E-state index contributed by atoms with van der Waals surface area (Å²) in [5.41, 5.74) is 0.297. The molecule has 2 aliphatic heterocycles. The van der Waals surface area contributed by atoms with Crippen molar-refractivity contribution in [2.75, 3.05) is 19.7 Å². The SMILES string of the molecule is CC1(C)CNC(C2CCCCN2)OC1.Cl. The lowest BCUT2D eigenvalue weighted by Crippen LogP contribution is -2.57. The van der Waals surface area contributed by atoms with Crippen molar-refractivity contribution in [3.63, 3.8) is 0 Å². The Hall–Kier alpha value is 0.170. The van der Waals surface area contributed by atoms with E-state index in [0.717, 1.165) is 19.7 Å². The summed E-state index contributed by atoms with van der Waals surface area (Å²) in [6.07, 6.45) is 4.14. The maximum atomic E-state index is 5.86. The lowest BCUT2D eigenvalue weighted by atomic mass is 9.92. The molecular formula is C11H23ClN2O. The summed E-state index contributed by atoms with van der Waals surface area (Å²) in [4.78, 5) is 0. The van der Waals surface area contributed by atoms with E-state index in [0.29, 0.717) is 11.5 Å². The third-order valence-electron chi connectivity index (χ3n) is 3.15. The smallest absolute Gasteiger partial charge is 0.123 e. The third-order valence-corrected chi connectivity index (χ3v) is 3.15. The quantitative estimate of drug-likeness (QED) is 0.722. The number of halogens is 1. The number of hydrogen-bond acceptors (Lipinski definition) is 3. The van der Waals surface area contributed by atoms with Crippen molar-refractivity contribution in [2.24, 2.45) is 5.41 Å². The van der Waals surface area contributed by atoms with E-state index in [-0.39, 0.29) is 18.6 Å². The van der Waals surface area contributed by atoms with E-state index in [1.165, 1.54) is 19.3 Å². The molecule has 0 aliphatic carbocycles. The second-order valence-electron chi connectivity index (χ2n) is 5.33. The number of rotatable bonds is 1. The van der Waals surface area contributed by atoms with Crippen LogP contribution in [0, 0.1) is 5.41 Å². The van der Waals surface area contributed by atoms with Crippen LogP contribution < -0.4 is 10.6 Å². The minimum Gasteiger partial charge on any atom is -0.361 e. The number of nitrogens with one attached hydrogen (secondary N) is 2. The molecule has 2 saturated heterocycles. The molecule has 3 nitrogen and oxygen atoms in total. The fraction of sp³-hybridized carbons (Fsp3) is 1.00. The van der Waals surface area contributed by atoms with E-state index in [9.17, 15) is 0 Å². The molecule has 0 aromatic carbocycles. The zero-order chi connectivity index (χ0) is 10.0. The summed E-state index contributed by atoms with van der Waals surface area (Å²) in [6, 6.07) is 0.528. The summed E-state index contributed by atoms with van der Waals surface area (Å²) < 4.78 is 5.86. The summed E-state index contributed by atoms with van der Waals surface area (Å²) in [7, 11) is 0. The van der Waals surface area contributed by atoms with Gasteiger partial charge in [0, 0.05) is 18.0 Å². The fourth-order valence-corrected chi connectivity index (χ4v) is 2.20. The monoisotopic (exact) mass is 234 g/mol. The normalized spacial score (nSPS) is 35.6. The average Bonchev–Trinajstić information content (AvgIpc) is 2.19. The molecule has 2 fully saturated rings. The first-order valence-corrected chi connectivity index (χ1v) is 5.76. The second kappa shape index (κ2) is 5.48. The number of ether oxygens (including phenoxy) is 1. The van der Waals surface area contributed by atoms with Crippen LogP contribution in [0.1, 0.15) is 33.1 Å². The highest BCUT2D eigenvalue weighted by molar-refractivity contribution is 5.85. The van der Waals surface area contributed by atoms with Gasteiger partial charge in [0.2, 0.25) is 0 Å². The summed E-state index contributed by atoms with van der Waals surface area (Å²) in [5.74, 6) is 0. The van der Waals surface area contributed by atoms with Crippen LogP contribution in [0.15, 0.2) is 0 Å². The van der Waals surface area contributed by atoms with Crippen molar-refractivity contribution in [1.29, 1.82) is 0 Å². The standard InChI is InChI=1S/C11H22N2O.ClH/c1-11(2)7-13-10(14-8-11)9-5-3-4-6-12-9;/h9-10,12-13H,3-8H2,1-2H3;1H. The lowest BCUT2D eigenvalue weighted by Gasteiger charge is -2.40. The highest BCUT2D eigenvalue weighted by atomic mass is 35.5. The Morgan fingerprint density at radius 3 is 2.53 bits per heavy atom. The summed E-state index contributed by atoms with van der Waals surface area (Å²) in [6.45, 7) is 7.57. The highest BCUT2D eigenvalue weighted by Crippen LogP contribution is 2.22. The molecular weight excluding hydrogens is 212 g/mol. The van der Waals surface area contributed by atoms with Gasteiger partial charge in [0.15, 0.2) is 0 Å². The molecule has 2 N–H and O–H groups in total. The van der Waals surface area contributed by atoms with Gasteiger partial charge in [-0.05, 0) is 19.4 Å². The Labute approximate surface area is 98.7 Å². The molecule has 90 valence electrons. The van der Waals surface area contributed by atoms with Gasteiger partial charge in [-0.15, -0.1) is 12.4 Å². The Bertz CT molecular complexity index is 183. The van der Waals surface area contributed by atoms with Crippen molar-refractivity contribution in [3.05, 3.63) is 0 Å². The second-order valence-corrected chi connectivity index (χ2v) is 5.33. The van der Waals surface area contributed by atoms with Crippen LogP contribution in [0.3, 0.4) is 0 Å². The van der Waals surface area contributed by atoms with Crippen molar-refractivity contribution < 1.29 is 4.74 Å². The van der Waals surface area contributed by atoms with Crippen molar-refractivity contribution in [1.82, 2.24) is 10.6 Å². The molecule has 2 atom stereocenters. The molecule has 0 aromatic rings. The summed E-state index contributed by atoms with van der Waals surface area (Å²) in [5, 5.41) is 7.02. The van der Waals surface area contributed by atoms with E-state index in [4.69, 9.17) is 4.74 Å². The minimum absolute atomic E-state index is 0. The van der Waals surface area contributed by atoms with E-state index >= 15 is 0 Å². The number of hydrogen-bond donors (Lipinski definition) is 2. The van der Waals surface area contributed by atoms with Gasteiger partial charge in [-0.3, -0.25) is 5.32 Å². The molecule has 0 spiro atoms. The first-order chi connectivity index (χ1) is 6.67. The molecule has 0 bridgehead atoms. The van der Waals surface area contributed by atoms with Gasteiger partial charge in [-0.2, -0.15) is 0 Å². The van der Waals surface area contributed by atoms with Crippen molar-refractivity contribution in [3.8, 4) is 0 Å². The van der Waals surface area contributed by atoms with Crippen LogP contribution in [0.25, 0.3) is 0 Å². The first-order valence-electron chi connectivity index (χ1n) is 5.76. The van der Waals surface area contributed by atoms with Crippen LogP contribution in [-0.2, 0) is 4.74 Å². The average molecular weight is 235 g/mol. The van der Waals surface area contributed by atoms with Gasteiger partial charge >= 0.3 is 0 Å². The van der Waals surface area contributed by atoms with E-state index in [1.807, 2.05) is 0 Å². The molecule has 4 heteroatoms. The van der Waals surface area contributed by atoms with E-state index in [1.54, 1.807) is 0 Å². The fourth-order valence-electron chi connectivity index (χ4n) is 2.20. The zero-order valence-electron chi connectivity index (χ0n) is 9.71. The topological polar surface area (TPSA) is 33.3 Å². The molecule has 15 heavy (non-hydrogen) atoms. The van der Waals surface area contributed by atoms with Crippen molar-refractivity contribution >= 4 is 12.4 Å². The molecule has 0 aromatic heterocycles. The van der Waals surface area contributed by atoms with Gasteiger partial charge in [0.1, 0.15) is 6.23 Å². The van der Waals surface area contributed by atoms with Gasteiger partial charge in [-0.1, -0.05) is 20.3 Å². The molecule has 2 unspecified atom stereocenters. The van der Waals surface area contributed by atoms with Gasteiger partial charge in [0.25, 0.3) is 0 Å². The Kier molecular flexibility index (Phi) is 4.84.